The Labute approximate surface area is 128 Å². The molecule has 1 aliphatic rings. The minimum absolute atomic E-state index is 0.0475. The Morgan fingerprint density at radius 3 is 2.73 bits per heavy atom. The molecular weight excluding hydrogens is 282 g/mol. The number of methoxy groups -OCH3 is 1. The van der Waals surface area contributed by atoms with Gasteiger partial charge in [-0.05, 0) is 37.1 Å². The molecule has 5 nitrogen and oxygen atoms in total. The highest BCUT2D eigenvalue weighted by Gasteiger charge is 2.19. The van der Waals surface area contributed by atoms with Crippen LogP contribution in [0.4, 0.5) is 0 Å². The van der Waals surface area contributed by atoms with Gasteiger partial charge < -0.3 is 14.5 Å². The highest BCUT2D eigenvalue weighted by atomic mass is 16.5. The molecule has 5 heteroatoms. The molecule has 0 radical (unpaired) electrons. The number of rotatable bonds is 3. The predicted octanol–water partition coefficient (Wildman–Crippen LogP) is 2.86. The fraction of sp³-hybridized carbons (Fsp3) is 0.412. The largest absolute Gasteiger partial charge is 0.497 e. The molecule has 2 aromatic rings. The van der Waals surface area contributed by atoms with Crippen LogP contribution in [-0.4, -0.2) is 19.1 Å². The molecule has 1 aliphatic carbocycles. The van der Waals surface area contributed by atoms with Crippen LogP contribution in [0.1, 0.15) is 42.5 Å². The quantitative estimate of drug-likeness (QED) is 0.885. The van der Waals surface area contributed by atoms with Crippen molar-refractivity contribution in [3.05, 3.63) is 40.2 Å². The van der Waals surface area contributed by atoms with Gasteiger partial charge in [0, 0.05) is 11.4 Å². The van der Waals surface area contributed by atoms with Crippen LogP contribution in [0.15, 0.2) is 33.5 Å². The van der Waals surface area contributed by atoms with Gasteiger partial charge in [-0.3, -0.25) is 4.79 Å². The third-order valence-corrected chi connectivity index (χ3v) is 4.12. The summed E-state index contributed by atoms with van der Waals surface area (Å²) in [6, 6.07) is 6.85. The Morgan fingerprint density at radius 2 is 2.00 bits per heavy atom. The summed E-state index contributed by atoms with van der Waals surface area (Å²) in [5.41, 5.74) is -0.114. The molecule has 1 aromatic heterocycles. The lowest BCUT2D eigenvalue weighted by molar-refractivity contribution is 0.0924. The first-order valence-electron chi connectivity index (χ1n) is 7.60. The number of nitrogens with one attached hydrogen (secondary N) is 1. The van der Waals surface area contributed by atoms with Gasteiger partial charge in [-0.2, -0.15) is 0 Å². The van der Waals surface area contributed by atoms with Crippen LogP contribution in [0.2, 0.25) is 0 Å². The van der Waals surface area contributed by atoms with Crippen molar-refractivity contribution in [2.24, 2.45) is 0 Å². The second kappa shape index (κ2) is 6.22. The molecule has 1 N–H and O–H groups in total. The molecule has 1 heterocycles. The van der Waals surface area contributed by atoms with E-state index in [4.69, 9.17) is 9.15 Å². The standard InChI is InChI=1S/C17H19NO4/c1-21-13-7-8-15-11(9-13)10-14(17(20)22-15)16(19)18-12-5-3-2-4-6-12/h7-10,12H,2-6H2,1H3,(H,18,19). The molecule has 0 aliphatic heterocycles. The number of ether oxygens (including phenoxy) is 1. The molecule has 0 spiro atoms. The van der Waals surface area contributed by atoms with E-state index in [0.717, 1.165) is 25.7 Å². The lowest BCUT2D eigenvalue weighted by Gasteiger charge is -2.22. The summed E-state index contributed by atoms with van der Waals surface area (Å²) in [5, 5.41) is 3.61. The van der Waals surface area contributed by atoms with Crippen LogP contribution in [0.25, 0.3) is 11.0 Å². The molecule has 116 valence electrons. The fourth-order valence-corrected chi connectivity index (χ4v) is 2.90. The normalized spacial score (nSPS) is 15.7. The highest BCUT2D eigenvalue weighted by Crippen LogP contribution is 2.21. The number of amides is 1. The fourth-order valence-electron chi connectivity index (χ4n) is 2.90. The van der Waals surface area contributed by atoms with Crippen LogP contribution < -0.4 is 15.7 Å². The molecule has 1 fully saturated rings. The van der Waals surface area contributed by atoms with Crippen molar-refractivity contribution < 1.29 is 13.9 Å². The SMILES string of the molecule is COc1ccc2oc(=O)c(C(=O)NC3CCCCC3)cc2c1. The summed E-state index contributed by atoms with van der Waals surface area (Å²) in [4.78, 5) is 24.3. The minimum Gasteiger partial charge on any atom is -0.497 e. The van der Waals surface area contributed by atoms with Crippen LogP contribution in [0.5, 0.6) is 5.75 Å². The van der Waals surface area contributed by atoms with Crippen LogP contribution in [-0.2, 0) is 0 Å². The smallest absolute Gasteiger partial charge is 0.349 e. The Hall–Kier alpha value is -2.30. The molecule has 22 heavy (non-hydrogen) atoms. The van der Waals surface area contributed by atoms with Crippen LogP contribution in [0.3, 0.4) is 0 Å². The average Bonchev–Trinajstić information content (AvgIpc) is 2.54. The second-order valence-corrected chi connectivity index (χ2v) is 5.66. The van der Waals surface area contributed by atoms with Crippen molar-refractivity contribution in [3.63, 3.8) is 0 Å². The van der Waals surface area contributed by atoms with E-state index < -0.39 is 5.63 Å². The van der Waals surface area contributed by atoms with Gasteiger partial charge in [0.15, 0.2) is 0 Å². The van der Waals surface area contributed by atoms with Gasteiger partial charge in [0.25, 0.3) is 5.91 Å². The Kier molecular flexibility index (Phi) is 4.13. The number of carbonyl (C=O) groups is 1. The first-order chi connectivity index (χ1) is 10.7. The van der Waals surface area contributed by atoms with E-state index in [9.17, 15) is 9.59 Å². The number of benzene rings is 1. The van der Waals surface area contributed by atoms with Crippen molar-refractivity contribution >= 4 is 16.9 Å². The van der Waals surface area contributed by atoms with E-state index in [1.807, 2.05) is 0 Å². The van der Waals surface area contributed by atoms with Crippen molar-refractivity contribution in [2.75, 3.05) is 7.11 Å². The van der Waals surface area contributed by atoms with Gasteiger partial charge in [-0.25, -0.2) is 4.79 Å². The first-order valence-corrected chi connectivity index (χ1v) is 7.60. The summed E-state index contributed by atoms with van der Waals surface area (Å²) >= 11 is 0. The molecular formula is C17H19NO4. The summed E-state index contributed by atoms with van der Waals surface area (Å²) in [5.74, 6) is 0.297. The van der Waals surface area contributed by atoms with Gasteiger partial charge >= 0.3 is 5.63 Å². The van der Waals surface area contributed by atoms with Crippen molar-refractivity contribution in [3.8, 4) is 5.75 Å². The summed E-state index contributed by atoms with van der Waals surface area (Å²) in [7, 11) is 1.57. The van der Waals surface area contributed by atoms with E-state index in [1.54, 1.807) is 31.4 Å². The monoisotopic (exact) mass is 301 g/mol. The maximum absolute atomic E-state index is 12.3. The molecule has 1 aromatic carbocycles. The summed E-state index contributed by atoms with van der Waals surface area (Å²) < 4.78 is 10.4. The second-order valence-electron chi connectivity index (χ2n) is 5.66. The Bertz CT molecular complexity index is 744. The lowest BCUT2D eigenvalue weighted by Crippen LogP contribution is -2.38. The molecule has 0 unspecified atom stereocenters. The summed E-state index contributed by atoms with van der Waals surface area (Å²) in [6.45, 7) is 0. The minimum atomic E-state index is -0.606. The maximum Gasteiger partial charge on any atom is 0.349 e. The van der Waals surface area contributed by atoms with Gasteiger partial charge in [-0.1, -0.05) is 19.3 Å². The number of fused-ring (bicyclic) bond motifs is 1. The lowest BCUT2D eigenvalue weighted by atomic mass is 9.95. The zero-order chi connectivity index (χ0) is 15.5. The maximum atomic E-state index is 12.3. The van der Waals surface area contributed by atoms with Crippen molar-refractivity contribution in [1.29, 1.82) is 0 Å². The number of carbonyl (C=O) groups excluding carboxylic acids is 1. The predicted molar refractivity (Wildman–Crippen MR) is 83.4 cm³/mol. The molecule has 0 atom stereocenters. The van der Waals surface area contributed by atoms with Gasteiger partial charge in [0.05, 0.1) is 7.11 Å². The van der Waals surface area contributed by atoms with Crippen molar-refractivity contribution in [2.45, 2.75) is 38.1 Å². The number of hydrogen-bond acceptors (Lipinski definition) is 4. The first kappa shape index (κ1) is 14.6. The van der Waals surface area contributed by atoms with Crippen molar-refractivity contribution in [1.82, 2.24) is 5.32 Å². The zero-order valence-electron chi connectivity index (χ0n) is 12.6. The van der Waals surface area contributed by atoms with Gasteiger partial charge in [0.2, 0.25) is 0 Å². The van der Waals surface area contributed by atoms with Gasteiger partial charge in [0.1, 0.15) is 16.9 Å². The summed E-state index contributed by atoms with van der Waals surface area (Å²) in [6.07, 6.45) is 5.39. The molecule has 0 saturated heterocycles. The van der Waals surface area contributed by atoms with Crippen LogP contribution >= 0.6 is 0 Å². The molecule has 1 amide bonds. The topological polar surface area (TPSA) is 68.5 Å². The zero-order valence-corrected chi connectivity index (χ0v) is 12.6. The van der Waals surface area contributed by atoms with E-state index in [2.05, 4.69) is 5.32 Å². The van der Waals surface area contributed by atoms with E-state index in [-0.39, 0.29) is 17.5 Å². The van der Waals surface area contributed by atoms with E-state index >= 15 is 0 Å². The van der Waals surface area contributed by atoms with E-state index in [1.165, 1.54) is 6.42 Å². The van der Waals surface area contributed by atoms with E-state index in [0.29, 0.717) is 16.7 Å². The van der Waals surface area contributed by atoms with Crippen LogP contribution in [0, 0.1) is 0 Å². The van der Waals surface area contributed by atoms with Gasteiger partial charge in [-0.15, -0.1) is 0 Å². The molecule has 1 saturated carbocycles. The molecule has 0 bridgehead atoms. The average molecular weight is 301 g/mol. The number of hydrogen-bond donors (Lipinski definition) is 1. The Morgan fingerprint density at radius 1 is 1.23 bits per heavy atom. The third kappa shape index (κ3) is 2.98. The third-order valence-electron chi connectivity index (χ3n) is 4.12. The molecule has 3 rings (SSSR count). The Balaban J connectivity index is 1.89. The highest BCUT2D eigenvalue weighted by molar-refractivity contribution is 5.96.